The van der Waals surface area contributed by atoms with Crippen molar-refractivity contribution in [1.82, 2.24) is 4.57 Å². The number of benzene rings is 3. The van der Waals surface area contributed by atoms with Crippen LogP contribution in [0.3, 0.4) is 0 Å². The number of nitrogens with zero attached hydrogens (tertiary/aromatic N) is 1. The van der Waals surface area contributed by atoms with E-state index in [2.05, 4.69) is 83.4 Å². The van der Waals surface area contributed by atoms with Gasteiger partial charge in [-0.05, 0) is 42.3 Å². The van der Waals surface area contributed by atoms with E-state index in [1.807, 2.05) is 19.1 Å². The molecule has 0 radical (unpaired) electrons. The number of para-hydroxylation sites is 2. The summed E-state index contributed by atoms with van der Waals surface area (Å²) >= 11 is 0. The molecule has 0 aliphatic rings. The number of hydrogen-bond donors (Lipinski definition) is 1. The molecule has 2 heteroatoms. The summed E-state index contributed by atoms with van der Waals surface area (Å²) in [5.41, 5.74) is 5.37. The molecule has 0 amide bonds. The first-order chi connectivity index (χ1) is 13.8. The number of fused-ring (bicyclic) bond motifs is 5. The monoisotopic (exact) mass is 358 g/mol. The van der Waals surface area contributed by atoms with Crippen molar-refractivity contribution < 1.29 is 0 Å². The van der Waals surface area contributed by atoms with E-state index in [4.69, 9.17) is 5.41 Å². The Kier molecular flexibility index (Phi) is 3.74. The Bertz CT molecular complexity index is 1370. The maximum atomic E-state index is 7.64. The molecule has 0 fully saturated rings. The third-order valence-corrected chi connectivity index (χ3v) is 5.29. The summed E-state index contributed by atoms with van der Waals surface area (Å²) in [4.78, 5) is 0. The zero-order chi connectivity index (χ0) is 19.1. The van der Waals surface area contributed by atoms with Gasteiger partial charge in [0.25, 0.3) is 0 Å². The second-order valence-corrected chi connectivity index (χ2v) is 6.81. The molecule has 0 aliphatic carbocycles. The lowest BCUT2D eigenvalue weighted by molar-refractivity contribution is 1.19. The Balaban J connectivity index is 1.94. The molecule has 28 heavy (non-hydrogen) atoms. The topological polar surface area (TPSA) is 28.8 Å². The highest BCUT2D eigenvalue weighted by Gasteiger charge is 2.14. The van der Waals surface area contributed by atoms with Gasteiger partial charge in [0.05, 0.1) is 16.4 Å². The first-order valence-electron chi connectivity index (χ1n) is 9.34. The van der Waals surface area contributed by atoms with Gasteiger partial charge in [0.15, 0.2) is 0 Å². The van der Waals surface area contributed by atoms with Crippen LogP contribution in [0, 0.1) is 17.5 Å². The lowest BCUT2D eigenvalue weighted by Gasteiger charge is -2.09. The Hall–Kier alpha value is -3.83. The number of aromatic nitrogens is 1. The van der Waals surface area contributed by atoms with Crippen molar-refractivity contribution in [2.75, 3.05) is 0 Å². The van der Waals surface area contributed by atoms with Crippen molar-refractivity contribution in [3.05, 3.63) is 96.6 Å². The maximum Gasteiger partial charge on any atom is 0.0710 e. The highest BCUT2D eigenvalue weighted by atomic mass is 15.0. The molecule has 2 nitrogen and oxygen atoms in total. The lowest BCUT2D eigenvalue weighted by atomic mass is 10.0. The van der Waals surface area contributed by atoms with Crippen LogP contribution in [0.15, 0.2) is 78.9 Å². The minimum Gasteiger partial charge on any atom is -0.308 e. The van der Waals surface area contributed by atoms with Crippen molar-refractivity contribution in [3.63, 3.8) is 0 Å². The maximum absolute atomic E-state index is 7.64. The number of allylic oxidation sites excluding steroid dienone is 2. The first kappa shape index (κ1) is 16.4. The highest BCUT2D eigenvalue weighted by Crippen LogP contribution is 2.35. The average Bonchev–Trinajstić information content (AvgIpc) is 3.10. The van der Waals surface area contributed by atoms with Crippen LogP contribution >= 0.6 is 0 Å². The minimum atomic E-state index is 0.902. The number of rotatable bonds is 3. The van der Waals surface area contributed by atoms with Gasteiger partial charge in [-0.25, -0.2) is 0 Å². The summed E-state index contributed by atoms with van der Waals surface area (Å²) in [5, 5.41) is 12.0. The van der Waals surface area contributed by atoms with Gasteiger partial charge in [-0.2, -0.15) is 0 Å². The summed E-state index contributed by atoms with van der Waals surface area (Å²) in [5.74, 6) is 0. The molecule has 5 aromatic rings. The molecule has 132 valence electrons. The molecular formula is C26H18N2. The molecule has 4 aromatic carbocycles. The van der Waals surface area contributed by atoms with Gasteiger partial charge < -0.3 is 9.98 Å². The molecule has 0 bridgehead atoms. The van der Waals surface area contributed by atoms with Crippen molar-refractivity contribution >= 4 is 44.4 Å². The molecule has 1 N–H and O–H groups in total. The summed E-state index contributed by atoms with van der Waals surface area (Å²) in [6, 6.07) is 32.0. The van der Waals surface area contributed by atoms with Crippen LogP contribution in [-0.2, 0) is 0 Å². The minimum absolute atomic E-state index is 0.902. The van der Waals surface area contributed by atoms with Gasteiger partial charge in [-0.15, -0.1) is 0 Å². The van der Waals surface area contributed by atoms with Crippen LogP contribution in [0.1, 0.15) is 12.5 Å². The fourth-order valence-corrected chi connectivity index (χ4v) is 3.96. The van der Waals surface area contributed by atoms with Gasteiger partial charge in [-0.1, -0.05) is 66.7 Å². The van der Waals surface area contributed by atoms with E-state index in [1.54, 1.807) is 0 Å². The van der Waals surface area contributed by atoms with Crippen LogP contribution in [0.5, 0.6) is 0 Å². The molecule has 0 saturated carbocycles. The van der Waals surface area contributed by atoms with E-state index in [1.165, 1.54) is 17.1 Å². The van der Waals surface area contributed by atoms with Crippen LogP contribution < -0.4 is 0 Å². The molecule has 0 spiro atoms. The number of hydrogen-bond acceptors (Lipinski definition) is 1. The molecular weight excluding hydrogens is 340 g/mol. The van der Waals surface area contributed by atoms with E-state index in [0.29, 0.717) is 0 Å². The standard InChI is InChI=1S/C26H18N2/c1-2-18(17-27)19-12-14-22-20(16-19)13-15-24-23-10-6-7-11-25(23)28(26(22)24)21-8-4-3-5-9-21/h2-12,14,16-17,27H,1H3/b18-2+,27-17?. The zero-order valence-corrected chi connectivity index (χ0v) is 15.5. The SMILES string of the molecule is C/C=C(\C=N)c1ccc2c(c#cc3c4ccccc4n(-c4ccccc4)c32)c1. The largest absolute Gasteiger partial charge is 0.308 e. The fourth-order valence-electron chi connectivity index (χ4n) is 3.96. The quantitative estimate of drug-likeness (QED) is 0.353. The third kappa shape index (κ3) is 2.34. The van der Waals surface area contributed by atoms with Gasteiger partial charge in [0.2, 0.25) is 0 Å². The average molecular weight is 358 g/mol. The van der Waals surface area contributed by atoms with Gasteiger partial charge in [-0.3, -0.25) is 0 Å². The van der Waals surface area contributed by atoms with Crippen LogP contribution in [0.25, 0.3) is 43.8 Å². The van der Waals surface area contributed by atoms with Gasteiger partial charge in [0.1, 0.15) is 0 Å². The molecule has 0 unspecified atom stereocenters. The highest BCUT2D eigenvalue weighted by molar-refractivity contribution is 6.18. The fraction of sp³-hybridized carbons (Fsp3) is 0.0385. The van der Waals surface area contributed by atoms with Gasteiger partial charge >= 0.3 is 0 Å². The predicted molar refractivity (Wildman–Crippen MR) is 118 cm³/mol. The summed E-state index contributed by atoms with van der Waals surface area (Å²) in [7, 11) is 0. The Morgan fingerprint density at radius 3 is 2.46 bits per heavy atom. The van der Waals surface area contributed by atoms with Crippen LogP contribution in [0.2, 0.25) is 0 Å². The van der Waals surface area contributed by atoms with E-state index < -0.39 is 0 Å². The second-order valence-electron chi connectivity index (χ2n) is 6.81. The molecule has 1 heterocycles. The summed E-state index contributed by atoms with van der Waals surface area (Å²) in [6.07, 6.45) is 3.35. The molecule has 0 aliphatic heterocycles. The van der Waals surface area contributed by atoms with Crippen LogP contribution in [0.4, 0.5) is 0 Å². The van der Waals surface area contributed by atoms with Crippen molar-refractivity contribution in [2.45, 2.75) is 6.92 Å². The van der Waals surface area contributed by atoms with Crippen LogP contribution in [-0.4, -0.2) is 10.8 Å². The van der Waals surface area contributed by atoms with E-state index in [0.717, 1.165) is 38.5 Å². The number of nitrogens with one attached hydrogen (secondary N) is 1. The summed E-state index contributed by atoms with van der Waals surface area (Å²) in [6.45, 7) is 1.96. The Labute approximate surface area is 163 Å². The van der Waals surface area contributed by atoms with Crippen molar-refractivity contribution in [3.8, 4) is 5.69 Å². The van der Waals surface area contributed by atoms with Crippen molar-refractivity contribution in [1.29, 1.82) is 5.41 Å². The first-order valence-corrected chi connectivity index (χ1v) is 9.34. The van der Waals surface area contributed by atoms with Gasteiger partial charge in [0, 0.05) is 28.1 Å². The van der Waals surface area contributed by atoms with E-state index >= 15 is 0 Å². The Morgan fingerprint density at radius 1 is 0.893 bits per heavy atom. The van der Waals surface area contributed by atoms with E-state index in [-0.39, 0.29) is 0 Å². The molecule has 1 aromatic heterocycles. The molecule has 5 rings (SSSR count). The lowest BCUT2D eigenvalue weighted by Crippen LogP contribution is -1.94. The third-order valence-electron chi connectivity index (χ3n) is 5.29. The smallest absolute Gasteiger partial charge is 0.0710 e. The Morgan fingerprint density at radius 2 is 1.68 bits per heavy atom. The zero-order valence-electron chi connectivity index (χ0n) is 15.5. The second kappa shape index (κ2) is 6.40. The molecule has 0 atom stereocenters. The summed E-state index contributed by atoms with van der Waals surface area (Å²) < 4.78 is 2.31. The normalized spacial score (nSPS) is 11.8. The van der Waals surface area contributed by atoms with Crippen molar-refractivity contribution in [2.24, 2.45) is 0 Å². The van der Waals surface area contributed by atoms with E-state index in [9.17, 15) is 0 Å². The molecule has 0 saturated heterocycles. The predicted octanol–water partition coefficient (Wildman–Crippen LogP) is 6.59.